The number of nitrogens with one attached hydrogen (secondary N) is 1. The summed E-state index contributed by atoms with van der Waals surface area (Å²) in [6.45, 7) is 0.547. The Morgan fingerprint density at radius 2 is 2.22 bits per heavy atom. The summed E-state index contributed by atoms with van der Waals surface area (Å²) in [6.07, 6.45) is 0.709. The van der Waals surface area contributed by atoms with Crippen molar-refractivity contribution in [3.05, 3.63) is 43.9 Å². The van der Waals surface area contributed by atoms with Gasteiger partial charge < -0.3 is 11.1 Å². The van der Waals surface area contributed by atoms with Crippen molar-refractivity contribution in [2.24, 2.45) is 5.73 Å². The first-order chi connectivity index (χ1) is 8.70. The molecule has 0 spiro atoms. The normalized spacial score (nSPS) is 10.3. The molecule has 0 saturated heterocycles. The van der Waals surface area contributed by atoms with Crippen LogP contribution in [-0.4, -0.2) is 17.4 Å². The van der Waals surface area contributed by atoms with Crippen LogP contribution < -0.4 is 11.1 Å². The van der Waals surface area contributed by atoms with E-state index in [1.165, 1.54) is 11.3 Å². The lowest BCUT2D eigenvalue weighted by atomic mass is 10.3. The van der Waals surface area contributed by atoms with Crippen LogP contribution in [0.15, 0.2) is 29.6 Å². The summed E-state index contributed by atoms with van der Waals surface area (Å²) < 4.78 is 1.00. The van der Waals surface area contributed by atoms with E-state index in [4.69, 9.17) is 5.73 Å². The number of benzene rings is 1. The van der Waals surface area contributed by atoms with Crippen LogP contribution in [0.3, 0.4) is 0 Å². The van der Waals surface area contributed by atoms with Gasteiger partial charge in [-0.05, 0) is 41.3 Å². The zero-order chi connectivity index (χ0) is 13.0. The van der Waals surface area contributed by atoms with E-state index in [2.05, 4.69) is 32.9 Å². The van der Waals surface area contributed by atoms with Gasteiger partial charge in [-0.25, -0.2) is 4.98 Å². The molecule has 1 heterocycles. The van der Waals surface area contributed by atoms with Crippen molar-refractivity contribution in [3.8, 4) is 0 Å². The number of amides is 1. The second-order valence-electron chi connectivity index (χ2n) is 3.60. The number of hydrogen-bond donors (Lipinski definition) is 2. The fourth-order valence-electron chi connectivity index (χ4n) is 1.40. The van der Waals surface area contributed by atoms with Crippen molar-refractivity contribution in [3.63, 3.8) is 0 Å². The van der Waals surface area contributed by atoms with Crippen LogP contribution in [0.4, 0.5) is 5.69 Å². The highest BCUT2D eigenvalue weighted by Crippen LogP contribution is 2.18. The summed E-state index contributed by atoms with van der Waals surface area (Å²) in [5.74, 6) is -0.182. The smallest absolute Gasteiger partial charge is 0.275 e. The molecule has 0 fully saturated rings. The first-order valence-electron chi connectivity index (χ1n) is 5.41. The second kappa shape index (κ2) is 6.26. The Labute approximate surface area is 123 Å². The average molecular weight is 373 g/mol. The molecule has 0 bridgehead atoms. The van der Waals surface area contributed by atoms with Gasteiger partial charge in [0.1, 0.15) is 5.69 Å². The van der Waals surface area contributed by atoms with Crippen molar-refractivity contribution >= 4 is 45.5 Å². The lowest BCUT2D eigenvalue weighted by Crippen LogP contribution is -2.13. The quantitative estimate of drug-likeness (QED) is 0.810. The molecule has 3 N–H and O–H groups in total. The van der Waals surface area contributed by atoms with Crippen LogP contribution >= 0.6 is 33.9 Å². The largest absolute Gasteiger partial charge is 0.330 e. The van der Waals surface area contributed by atoms with Crippen LogP contribution in [0.25, 0.3) is 0 Å². The highest BCUT2D eigenvalue weighted by molar-refractivity contribution is 14.1. The third-order valence-electron chi connectivity index (χ3n) is 2.26. The van der Waals surface area contributed by atoms with E-state index in [0.29, 0.717) is 18.7 Å². The van der Waals surface area contributed by atoms with Gasteiger partial charge in [-0.3, -0.25) is 4.79 Å². The predicted octanol–water partition coefficient (Wildman–Crippen LogP) is 2.50. The molecule has 1 amide bonds. The highest BCUT2D eigenvalue weighted by atomic mass is 127. The second-order valence-corrected chi connectivity index (χ2v) is 5.70. The number of anilines is 1. The maximum Gasteiger partial charge on any atom is 0.275 e. The average Bonchev–Trinajstić information content (AvgIpc) is 2.81. The number of carbonyl (C=O) groups is 1. The molecule has 2 rings (SSSR count). The number of nitrogens with zero attached hydrogens (tertiary/aromatic N) is 1. The van der Waals surface area contributed by atoms with Crippen molar-refractivity contribution < 1.29 is 4.79 Å². The highest BCUT2D eigenvalue weighted by Gasteiger charge is 2.11. The summed E-state index contributed by atoms with van der Waals surface area (Å²) in [5.41, 5.74) is 6.70. The lowest BCUT2D eigenvalue weighted by Gasteiger charge is -2.04. The standard InChI is InChI=1S/C12H12IN3OS/c13-8-3-1-2-4-9(8)16-12(17)10-7-18-11(15-10)5-6-14/h1-4,7H,5-6,14H2,(H,16,17). The molecule has 0 saturated carbocycles. The van der Waals surface area contributed by atoms with Crippen molar-refractivity contribution in [2.75, 3.05) is 11.9 Å². The number of carbonyl (C=O) groups excluding carboxylic acids is 1. The van der Waals surface area contributed by atoms with Crippen LogP contribution in [0.2, 0.25) is 0 Å². The molecule has 6 heteroatoms. The van der Waals surface area contributed by atoms with Gasteiger partial charge in [0.25, 0.3) is 5.91 Å². The number of nitrogens with two attached hydrogens (primary N) is 1. The van der Waals surface area contributed by atoms with Gasteiger partial charge in [0.15, 0.2) is 0 Å². The van der Waals surface area contributed by atoms with Crippen molar-refractivity contribution in [2.45, 2.75) is 6.42 Å². The first-order valence-corrected chi connectivity index (χ1v) is 7.37. The molecule has 94 valence electrons. The minimum atomic E-state index is -0.182. The Kier molecular flexibility index (Phi) is 4.67. The maximum absolute atomic E-state index is 12.0. The van der Waals surface area contributed by atoms with Gasteiger partial charge in [-0.1, -0.05) is 12.1 Å². The molecule has 0 radical (unpaired) electrons. The summed E-state index contributed by atoms with van der Waals surface area (Å²) >= 11 is 3.65. The van der Waals surface area contributed by atoms with Crippen LogP contribution in [0.1, 0.15) is 15.5 Å². The number of thiazole rings is 1. The van der Waals surface area contributed by atoms with E-state index in [-0.39, 0.29) is 5.91 Å². The zero-order valence-corrected chi connectivity index (χ0v) is 12.5. The molecule has 0 aliphatic rings. The molecule has 18 heavy (non-hydrogen) atoms. The van der Waals surface area contributed by atoms with Gasteiger partial charge in [0.2, 0.25) is 0 Å². The van der Waals surface area contributed by atoms with E-state index in [9.17, 15) is 4.79 Å². The summed E-state index contributed by atoms with van der Waals surface area (Å²) in [5, 5.41) is 5.50. The van der Waals surface area contributed by atoms with Gasteiger partial charge in [0.05, 0.1) is 10.7 Å². The Bertz CT molecular complexity index is 556. The summed E-state index contributed by atoms with van der Waals surface area (Å²) in [4.78, 5) is 16.2. The number of para-hydroxylation sites is 1. The topological polar surface area (TPSA) is 68.0 Å². The monoisotopic (exact) mass is 373 g/mol. The van der Waals surface area contributed by atoms with E-state index in [0.717, 1.165) is 14.3 Å². The van der Waals surface area contributed by atoms with Crippen LogP contribution in [0.5, 0.6) is 0 Å². The molecule has 1 aromatic heterocycles. The summed E-state index contributed by atoms with van der Waals surface area (Å²) in [6, 6.07) is 7.63. The van der Waals surface area contributed by atoms with Crippen LogP contribution in [0, 0.1) is 3.57 Å². The van der Waals surface area contributed by atoms with E-state index in [1.54, 1.807) is 5.38 Å². The molecule has 0 unspecified atom stereocenters. The first kappa shape index (κ1) is 13.4. The molecular weight excluding hydrogens is 361 g/mol. The Balaban J connectivity index is 2.10. The van der Waals surface area contributed by atoms with E-state index < -0.39 is 0 Å². The SMILES string of the molecule is NCCc1nc(C(=O)Nc2ccccc2I)cs1. The predicted molar refractivity (Wildman–Crippen MR) is 82.0 cm³/mol. The molecular formula is C12H12IN3OS. The fourth-order valence-corrected chi connectivity index (χ4v) is 2.72. The molecule has 2 aromatic rings. The third-order valence-corrected chi connectivity index (χ3v) is 4.11. The van der Waals surface area contributed by atoms with Gasteiger partial charge in [0, 0.05) is 15.4 Å². The van der Waals surface area contributed by atoms with Gasteiger partial charge >= 0.3 is 0 Å². The fraction of sp³-hybridized carbons (Fsp3) is 0.167. The Hall–Kier alpha value is -0.990. The Morgan fingerprint density at radius 1 is 1.44 bits per heavy atom. The van der Waals surface area contributed by atoms with E-state index >= 15 is 0 Å². The number of hydrogen-bond acceptors (Lipinski definition) is 4. The number of aromatic nitrogens is 1. The Morgan fingerprint density at radius 3 is 2.94 bits per heavy atom. The zero-order valence-electron chi connectivity index (χ0n) is 9.52. The van der Waals surface area contributed by atoms with Gasteiger partial charge in [-0.2, -0.15) is 0 Å². The lowest BCUT2D eigenvalue weighted by molar-refractivity contribution is 0.102. The van der Waals surface area contributed by atoms with Crippen molar-refractivity contribution in [1.29, 1.82) is 0 Å². The number of rotatable bonds is 4. The van der Waals surface area contributed by atoms with Gasteiger partial charge in [-0.15, -0.1) is 11.3 Å². The minimum Gasteiger partial charge on any atom is -0.330 e. The molecule has 4 nitrogen and oxygen atoms in total. The van der Waals surface area contributed by atoms with Crippen LogP contribution in [-0.2, 0) is 6.42 Å². The molecule has 1 aromatic carbocycles. The van der Waals surface area contributed by atoms with Crippen molar-refractivity contribution in [1.82, 2.24) is 4.98 Å². The molecule has 0 atom stereocenters. The minimum absolute atomic E-state index is 0.182. The summed E-state index contributed by atoms with van der Waals surface area (Å²) in [7, 11) is 0. The molecule has 0 aliphatic carbocycles. The third kappa shape index (κ3) is 3.27. The molecule has 0 aliphatic heterocycles. The maximum atomic E-state index is 12.0. The van der Waals surface area contributed by atoms with E-state index in [1.807, 2.05) is 24.3 Å². The number of halogens is 1.